The standard InChI is InChI=1S/C30H47BN6O8S/c1-19(2)16-25(31-44-24-18-20-17-23(29(20,3)4)30(24,5)45-31)35-27(39)22(12-9-14-33-28(32)36-37(40)41)34-26(38)13-15-46(42,43)21-10-7-6-8-11-21/h6-8,10-11,19-20,22-25H,9,12-18H2,1-5H3,(H,34,38)(H,35,39)(H3,32,33,36)/t20-,22+,23-,24-,25+,30+/m1/s1. The lowest BCUT2D eigenvalue weighted by molar-refractivity contribution is -0.525. The zero-order valence-corrected chi connectivity index (χ0v) is 28.0. The van der Waals surface area contributed by atoms with Crippen molar-refractivity contribution in [2.45, 2.75) is 102 Å². The molecular weight excluding hydrogens is 615 g/mol. The zero-order chi connectivity index (χ0) is 33.9. The summed E-state index contributed by atoms with van der Waals surface area (Å²) in [5, 5.41) is 15.5. The maximum atomic E-state index is 13.8. The van der Waals surface area contributed by atoms with Gasteiger partial charge in [0.2, 0.25) is 11.8 Å². The summed E-state index contributed by atoms with van der Waals surface area (Å²) in [6.45, 7) is 10.8. The van der Waals surface area contributed by atoms with E-state index in [9.17, 15) is 28.1 Å². The van der Waals surface area contributed by atoms with Gasteiger partial charge in [-0.1, -0.05) is 51.3 Å². The van der Waals surface area contributed by atoms with Crippen LogP contribution in [0.3, 0.4) is 0 Å². The van der Waals surface area contributed by atoms with E-state index >= 15 is 0 Å². The Morgan fingerprint density at radius 3 is 2.50 bits per heavy atom. The number of amides is 2. The van der Waals surface area contributed by atoms with Crippen molar-refractivity contribution in [3.05, 3.63) is 40.4 Å². The predicted molar refractivity (Wildman–Crippen MR) is 172 cm³/mol. The number of nitrogens with zero attached hydrogens (tertiary/aromatic N) is 2. The molecule has 254 valence electrons. The Bertz CT molecular complexity index is 1410. The molecule has 1 saturated heterocycles. The van der Waals surface area contributed by atoms with E-state index in [0.717, 1.165) is 12.8 Å². The van der Waals surface area contributed by atoms with Gasteiger partial charge < -0.3 is 25.7 Å². The first-order valence-electron chi connectivity index (χ1n) is 15.9. The van der Waals surface area contributed by atoms with Crippen molar-refractivity contribution in [1.29, 1.82) is 0 Å². The number of nitrogens with one attached hydrogen (secondary N) is 3. The van der Waals surface area contributed by atoms with Crippen molar-refractivity contribution < 1.29 is 32.3 Å². The molecule has 4 fully saturated rings. The van der Waals surface area contributed by atoms with Gasteiger partial charge >= 0.3 is 7.12 Å². The molecule has 0 unspecified atom stereocenters. The van der Waals surface area contributed by atoms with Crippen LogP contribution in [0, 0.1) is 33.3 Å². The molecule has 5 N–H and O–H groups in total. The number of aliphatic imine (C=N–C) groups is 1. The van der Waals surface area contributed by atoms with E-state index in [1.165, 1.54) is 12.1 Å². The maximum absolute atomic E-state index is 13.8. The number of carbonyl (C=O) groups is 2. The van der Waals surface area contributed by atoms with Crippen molar-refractivity contribution in [3.8, 4) is 0 Å². The fourth-order valence-corrected chi connectivity index (χ4v) is 8.49. The van der Waals surface area contributed by atoms with Crippen LogP contribution in [0.25, 0.3) is 0 Å². The number of benzene rings is 1. The van der Waals surface area contributed by atoms with Crippen LogP contribution < -0.4 is 21.8 Å². The van der Waals surface area contributed by atoms with E-state index in [1.807, 2.05) is 13.8 Å². The summed E-state index contributed by atoms with van der Waals surface area (Å²) < 4.78 is 38.6. The fourth-order valence-electron chi connectivity index (χ4n) is 7.23. The van der Waals surface area contributed by atoms with Gasteiger partial charge in [0.15, 0.2) is 14.9 Å². The molecule has 3 saturated carbocycles. The average Bonchev–Trinajstić information content (AvgIpc) is 3.34. The van der Waals surface area contributed by atoms with Crippen molar-refractivity contribution in [2.75, 3.05) is 12.3 Å². The van der Waals surface area contributed by atoms with Gasteiger partial charge in [0, 0.05) is 13.0 Å². The van der Waals surface area contributed by atoms with Crippen LogP contribution in [0.2, 0.25) is 0 Å². The van der Waals surface area contributed by atoms with Crippen LogP contribution in [0.4, 0.5) is 0 Å². The lowest BCUT2D eigenvalue weighted by Crippen LogP contribution is -2.65. The van der Waals surface area contributed by atoms with Crippen molar-refractivity contribution in [1.82, 2.24) is 16.1 Å². The van der Waals surface area contributed by atoms with Crippen LogP contribution in [-0.4, -0.2) is 74.3 Å². The molecule has 14 nitrogen and oxygen atoms in total. The monoisotopic (exact) mass is 662 g/mol. The number of nitro groups is 1. The first kappa shape index (κ1) is 35.6. The molecule has 1 aliphatic heterocycles. The Balaban J connectivity index is 1.44. The van der Waals surface area contributed by atoms with Gasteiger partial charge in [-0.25, -0.2) is 23.5 Å². The molecule has 4 aliphatic rings. The summed E-state index contributed by atoms with van der Waals surface area (Å²) in [6, 6.07) is 6.81. The molecule has 1 aromatic rings. The van der Waals surface area contributed by atoms with Crippen molar-refractivity contribution >= 4 is 34.7 Å². The Kier molecular flexibility index (Phi) is 11.0. The lowest BCUT2D eigenvalue weighted by atomic mass is 9.43. The number of sulfone groups is 1. The number of rotatable bonds is 15. The molecule has 2 amide bonds. The SMILES string of the molecule is CC(C)C[C@H](NC(=O)[C@H](CCCN=C(N)N[N+](=O)[O-])NC(=O)CCS(=O)(=O)c1ccccc1)B1O[C@@H]2C[C@H]3C[C@H](C3(C)C)[C@]2(C)O1. The fraction of sp³-hybridized carbons (Fsp3) is 0.700. The van der Waals surface area contributed by atoms with Gasteiger partial charge in [0.1, 0.15) is 6.04 Å². The molecule has 16 heteroatoms. The third kappa shape index (κ3) is 8.18. The number of nitrogens with two attached hydrogens (primary N) is 1. The highest BCUT2D eigenvalue weighted by atomic mass is 32.2. The minimum atomic E-state index is -3.71. The Hall–Kier alpha value is -3.24. The number of hydrogen-bond donors (Lipinski definition) is 4. The van der Waals surface area contributed by atoms with E-state index in [2.05, 4.69) is 36.4 Å². The smallest absolute Gasteiger partial charge is 0.404 e. The van der Waals surface area contributed by atoms with Gasteiger partial charge in [-0.05, 0) is 74.3 Å². The average molecular weight is 663 g/mol. The van der Waals surface area contributed by atoms with Crippen LogP contribution >= 0.6 is 0 Å². The highest BCUT2D eigenvalue weighted by Crippen LogP contribution is 2.65. The summed E-state index contributed by atoms with van der Waals surface area (Å²) in [7, 11) is -4.37. The first-order valence-corrected chi connectivity index (χ1v) is 17.6. The number of carbonyl (C=O) groups excluding carboxylic acids is 2. The molecule has 6 atom stereocenters. The predicted octanol–water partition coefficient (Wildman–Crippen LogP) is 2.01. The van der Waals surface area contributed by atoms with E-state index < -0.39 is 57.1 Å². The van der Waals surface area contributed by atoms with Crippen molar-refractivity contribution in [2.24, 2.45) is 33.9 Å². The van der Waals surface area contributed by atoms with Gasteiger partial charge in [-0.2, -0.15) is 0 Å². The Morgan fingerprint density at radius 2 is 1.87 bits per heavy atom. The number of hydrogen-bond acceptors (Lipinski definition) is 9. The second-order valence-corrected chi connectivity index (χ2v) is 16.0. The summed E-state index contributed by atoms with van der Waals surface area (Å²) >= 11 is 0. The van der Waals surface area contributed by atoms with E-state index in [1.54, 1.807) is 23.6 Å². The molecule has 5 rings (SSSR count). The molecule has 0 spiro atoms. The molecule has 46 heavy (non-hydrogen) atoms. The highest BCUT2D eigenvalue weighted by molar-refractivity contribution is 7.91. The van der Waals surface area contributed by atoms with Crippen molar-refractivity contribution in [3.63, 3.8) is 0 Å². The van der Waals surface area contributed by atoms with E-state index in [-0.39, 0.29) is 54.1 Å². The van der Waals surface area contributed by atoms with Crippen LogP contribution in [0.15, 0.2) is 40.2 Å². The topological polar surface area (TPSA) is 204 Å². The summed E-state index contributed by atoms with van der Waals surface area (Å²) in [5.41, 5.74) is 6.95. The molecule has 3 aliphatic carbocycles. The van der Waals surface area contributed by atoms with Gasteiger partial charge in [0.05, 0.1) is 28.3 Å². The largest absolute Gasteiger partial charge is 0.481 e. The van der Waals surface area contributed by atoms with Crippen LogP contribution in [-0.2, 0) is 28.7 Å². The Labute approximate surface area is 271 Å². The second kappa shape index (κ2) is 14.3. The summed E-state index contributed by atoms with van der Waals surface area (Å²) in [5.74, 6) is -1.27. The molecule has 2 bridgehead atoms. The molecule has 1 aromatic carbocycles. The third-order valence-corrected chi connectivity index (χ3v) is 11.6. The third-order valence-electron chi connectivity index (χ3n) is 9.84. The van der Waals surface area contributed by atoms with E-state index in [0.29, 0.717) is 18.3 Å². The molecule has 0 radical (unpaired) electrons. The van der Waals surface area contributed by atoms with Gasteiger partial charge in [-0.15, -0.1) is 0 Å². The first-order chi connectivity index (χ1) is 21.5. The van der Waals surface area contributed by atoms with Crippen LogP contribution in [0.1, 0.15) is 73.1 Å². The van der Waals surface area contributed by atoms with Gasteiger partial charge in [-0.3, -0.25) is 9.59 Å². The number of guanidine groups is 1. The Morgan fingerprint density at radius 1 is 1.17 bits per heavy atom. The van der Waals surface area contributed by atoms with Crippen LogP contribution in [0.5, 0.6) is 0 Å². The normalized spacial score (nSPS) is 26.4. The second-order valence-electron chi connectivity index (χ2n) is 13.9. The summed E-state index contributed by atoms with van der Waals surface area (Å²) in [4.78, 5) is 41.4. The minimum absolute atomic E-state index is 0.0529. The quantitative estimate of drug-likeness (QED) is 0.0537. The maximum Gasteiger partial charge on any atom is 0.481 e. The zero-order valence-electron chi connectivity index (χ0n) is 27.2. The molecular formula is C30H47BN6O8S. The highest BCUT2D eigenvalue weighted by Gasteiger charge is 2.68. The molecule has 1 heterocycles. The lowest BCUT2D eigenvalue weighted by Gasteiger charge is -2.64. The van der Waals surface area contributed by atoms with Gasteiger partial charge in [0.25, 0.3) is 5.96 Å². The summed E-state index contributed by atoms with van der Waals surface area (Å²) in [6.07, 6.45) is 2.52. The molecule has 0 aromatic heterocycles. The minimum Gasteiger partial charge on any atom is -0.404 e. The number of hydrazine groups is 1. The van der Waals surface area contributed by atoms with E-state index in [4.69, 9.17) is 15.0 Å².